The molecule has 0 aromatic heterocycles. The quantitative estimate of drug-likeness (QED) is 0.585. The van der Waals surface area contributed by atoms with E-state index in [4.69, 9.17) is 5.26 Å². The first-order chi connectivity index (χ1) is 13.0. The second-order valence-electron chi connectivity index (χ2n) is 6.17. The number of benzene rings is 2. The van der Waals surface area contributed by atoms with Crippen LogP contribution in [0.5, 0.6) is 0 Å². The van der Waals surface area contributed by atoms with Gasteiger partial charge in [-0.3, -0.25) is 4.79 Å². The zero-order valence-corrected chi connectivity index (χ0v) is 15.6. The molecule has 140 valence electrons. The van der Waals surface area contributed by atoms with Crippen LogP contribution in [-0.2, 0) is 11.2 Å². The molecule has 0 bridgehead atoms. The van der Waals surface area contributed by atoms with Crippen molar-refractivity contribution in [2.45, 2.75) is 32.4 Å². The fourth-order valence-electron chi connectivity index (χ4n) is 2.74. The number of likely N-dealkylation sites (N-methyl/N-ethyl adjacent to an activating group) is 1. The van der Waals surface area contributed by atoms with Gasteiger partial charge < -0.3 is 10.6 Å². The molecule has 2 N–H and O–H groups in total. The van der Waals surface area contributed by atoms with Crippen molar-refractivity contribution in [3.05, 3.63) is 71.8 Å². The van der Waals surface area contributed by atoms with E-state index in [1.807, 2.05) is 73.8 Å². The van der Waals surface area contributed by atoms with Crippen molar-refractivity contribution in [3.63, 3.8) is 0 Å². The SMILES string of the molecule is CCN(C#N)C(=O)C(Cc1ccccc1)NC(=O)N[C@@H](C)c1ccccc1. The summed E-state index contributed by atoms with van der Waals surface area (Å²) in [6, 6.07) is 17.5. The third kappa shape index (κ3) is 5.86. The molecule has 0 aliphatic carbocycles. The third-order valence-corrected chi connectivity index (χ3v) is 4.24. The first kappa shape index (κ1) is 20.0. The van der Waals surface area contributed by atoms with E-state index in [2.05, 4.69) is 10.6 Å². The van der Waals surface area contributed by atoms with Crippen LogP contribution in [0.15, 0.2) is 60.7 Å². The lowest BCUT2D eigenvalue weighted by atomic mass is 10.0. The van der Waals surface area contributed by atoms with Crippen LogP contribution in [-0.4, -0.2) is 29.4 Å². The lowest BCUT2D eigenvalue weighted by molar-refractivity contribution is -0.129. The third-order valence-electron chi connectivity index (χ3n) is 4.24. The Balaban J connectivity index is 2.09. The summed E-state index contributed by atoms with van der Waals surface area (Å²) < 4.78 is 0. The molecule has 2 rings (SSSR count). The van der Waals surface area contributed by atoms with Crippen LogP contribution in [0.1, 0.15) is 31.0 Å². The molecular formula is C21H24N4O2. The summed E-state index contributed by atoms with van der Waals surface area (Å²) >= 11 is 0. The van der Waals surface area contributed by atoms with Gasteiger partial charge in [-0.15, -0.1) is 0 Å². The summed E-state index contributed by atoms with van der Waals surface area (Å²) in [5, 5.41) is 14.7. The highest BCUT2D eigenvalue weighted by molar-refractivity contribution is 5.88. The summed E-state index contributed by atoms with van der Waals surface area (Å²) in [5.41, 5.74) is 1.87. The van der Waals surface area contributed by atoms with Gasteiger partial charge in [-0.05, 0) is 25.0 Å². The van der Waals surface area contributed by atoms with Crippen LogP contribution in [0.25, 0.3) is 0 Å². The summed E-state index contributed by atoms with van der Waals surface area (Å²) in [7, 11) is 0. The maximum absolute atomic E-state index is 12.7. The number of nitrogens with zero attached hydrogens (tertiary/aromatic N) is 2. The second kappa shape index (κ2) is 9.97. The molecule has 2 atom stereocenters. The van der Waals surface area contributed by atoms with Gasteiger partial charge in [0.1, 0.15) is 6.04 Å². The van der Waals surface area contributed by atoms with Gasteiger partial charge in [0.2, 0.25) is 0 Å². The van der Waals surface area contributed by atoms with E-state index in [1.165, 1.54) is 0 Å². The molecule has 0 saturated carbocycles. The second-order valence-corrected chi connectivity index (χ2v) is 6.17. The Bertz CT molecular complexity index is 787. The van der Waals surface area contributed by atoms with Gasteiger partial charge in [0, 0.05) is 13.0 Å². The number of hydrogen-bond acceptors (Lipinski definition) is 3. The molecule has 6 nitrogen and oxygen atoms in total. The first-order valence-corrected chi connectivity index (χ1v) is 8.92. The Labute approximate surface area is 159 Å². The molecule has 0 heterocycles. The summed E-state index contributed by atoms with van der Waals surface area (Å²) in [5.74, 6) is -0.425. The van der Waals surface area contributed by atoms with E-state index in [0.717, 1.165) is 16.0 Å². The normalized spacial score (nSPS) is 12.3. The number of nitriles is 1. The van der Waals surface area contributed by atoms with Crippen molar-refractivity contribution in [1.82, 2.24) is 15.5 Å². The zero-order valence-electron chi connectivity index (χ0n) is 15.6. The van der Waals surface area contributed by atoms with Gasteiger partial charge in [-0.2, -0.15) is 5.26 Å². The lowest BCUT2D eigenvalue weighted by Crippen LogP contribution is -2.51. The van der Waals surface area contributed by atoms with Gasteiger partial charge in [-0.25, -0.2) is 9.69 Å². The fourth-order valence-corrected chi connectivity index (χ4v) is 2.74. The van der Waals surface area contributed by atoms with Gasteiger partial charge in [0.05, 0.1) is 6.04 Å². The summed E-state index contributed by atoms with van der Waals surface area (Å²) in [6.07, 6.45) is 2.18. The average Bonchev–Trinajstić information content (AvgIpc) is 2.69. The van der Waals surface area contributed by atoms with Crippen molar-refractivity contribution < 1.29 is 9.59 Å². The first-order valence-electron chi connectivity index (χ1n) is 8.92. The van der Waals surface area contributed by atoms with E-state index < -0.39 is 18.0 Å². The van der Waals surface area contributed by atoms with Crippen LogP contribution < -0.4 is 10.6 Å². The maximum Gasteiger partial charge on any atom is 0.315 e. The molecule has 1 unspecified atom stereocenters. The largest absolute Gasteiger partial charge is 0.332 e. The number of amides is 3. The van der Waals surface area contributed by atoms with Crippen LogP contribution >= 0.6 is 0 Å². The Kier molecular flexibility index (Phi) is 7.38. The van der Waals surface area contributed by atoms with E-state index in [0.29, 0.717) is 6.42 Å². The van der Waals surface area contributed by atoms with E-state index in [9.17, 15) is 9.59 Å². The van der Waals surface area contributed by atoms with Crippen LogP contribution in [0.2, 0.25) is 0 Å². The summed E-state index contributed by atoms with van der Waals surface area (Å²) in [4.78, 5) is 26.2. The van der Waals surface area contributed by atoms with Crippen LogP contribution in [0.4, 0.5) is 4.79 Å². The molecule has 2 aromatic carbocycles. The number of urea groups is 1. The number of nitrogens with one attached hydrogen (secondary N) is 2. The van der Waals surface area contributed by atoms with Crippen molar-refractivity contribution in [2.24, 2.45) is 0 Å². The smallest absolute Gasteiger partial charge is 0.315 e. The molecule has 0 aliphatic heterocycles. The minimum atomic E-state index is -0.824. The minimum Gasteiger partial charge on any atom is -0.332 e. The predicted octanol–water partition coefficient (Wildman–Crippen LogP) is 2.99. The molecule has 27 heavy (non-hydrogen) atoms. The van der Waals surface area contributed by atoms with E-state index >= 15 is 0 Å². The number of hydrogen-bond donors (Lipinski definition) is 2. The van der Waals surface area contributed by atoms with Gasteiger partial charge in [-0.1, -0.05) is 60.7 Å². The van der Waals surface area contributed by atoms with Crippen molar-refractivity contribution >= 4 is 11.9 Å². The highest BCUT2D eigenvalue weighted by atomic mass is 16.2. The minimum absolute atomic E-state index is 0.211. The van der Waals surface area contributed by atoms with Crippen LogP contribution in [0.3, 0.4) is 0 Å². The highest BCUT2D eigenvalue weighted by Gasteiger charge is 2.26. The predicted molar refractivity (Wildman–Crippen MR) is 103 cm³/mol. The van der Waals surface area contributed by atoms with Gasteiger partial charge in [0.15, 0.2) is 6.19 Å². The molecule has 0 fully saturated rings. The number of carbonyl (C=O) groups is 2. The molecular weight excluding hydrogens is 340 g/mol. The van der Waals surface area contributed by atoms with Gasteiger partial charge >= 0.3 is 6.03 Å². The molecule has 6 heteroatoms. The number of carbonyl (C=O) groups excluding carboxylic acids is 2. The van der Waals surface area contributed by atoms with Gasteiger partial charge in [0.25, 0.3) is 5.91 Å². The lowest BCUT2D eigenvalue weighted by Gasteiger charge is -2.23. The zero-order chi connectivity index (χ0) is 19.6. The summed E-state index contributed by atoms with van der Waals surface area (Å²) in [6.45, 7) is 3.85. The molecule has 0 aliphatic rings. The molecule has 0 spiro atoms. The Morgan fingerprint density at radius 3 is 2.19 bits per heavy atom. The Morgan fingerprint density at radius 1 is 1.04 bits per heavy atom. The molecule has 0 radical (unpaired) electrons. The fraction of sp³-hybridized carbons (Fsp3) is 0.286. The Morgan fingerprint density at radius 2 is 1.63 bits per heavy atom. The monoisotopic (exact) mass is 364 g/mol. The van der Waals surface area contributed by atoms with E-state index in [1.54, 1.807) is 6.92 Å². The Hall–Kier alpha value is -3.33. The topological polar surface area (TPSA) is 85.2 Å². The van der Waals surface area contributed by atoms with Crippen molar-refractivity contribution in [3.8, 4) is 6.19 Å². The molecule has 3 amide bonds. The van der Waals surface area contributed by atoms with Crippen molar-refractivity contribution in [1.29, 1.82) is 5.26 Å². The number of rotatable bonds is 7. The highest BCUT2D eigenvalue weighted by Crippen LogP contribution is 2.11. The van der Waals surface area contributed by atoms with Crippen molar-refractivity contribution in [2.75, 3.05) is 6.54 Å². The van der Waals surface area contributed by atoms with E-state index in [-0.39, 0.29) is 12.6 Å². The average molecular weight is 364 g/mol. The molecule has 0 saturated heterocycles. The standard InChI is InChI=1S/C21H24N4O2/c1-3-25(15-22)20(26)19(14-17-10-6-4-7-11-17)24-21(27)23-16(2)18-12-8-5-9-13-18/h4-13,16,19H,3,14H2,1-2H3,(H2,23,24,27)/t16-,19?/m0/s1. The molecule has 2 aromatic rings. The maximum atomic E-state index is 12.7. The van der Waals surface area contributed by atoms with Crippen LogP contribution in [0, 0.1) is 11.5 Å².